The molecule has 2 aromatic heterocycles. The average molecular weight is 384 g/mol. The summed E-state index contributed by atoms with van der Waals surface area (Å²) in [5, 5.41) is 4.54. The Bertz CT molecular complexity index is 830. The van der Waals surface area contributed by atoms with E-state index in [4.69, 9.17) is 19.8 Å². The fourth-order valence-corrected chi connectivity index (χ4v) is 3.62. The minimum absolute atomic E-state index is 0.422. The van der Waals surface area contributed by atoms with E-state index < -0.39 is 18.3 Å². The molecule has 0 amide bonds. The van der Waals surface area contributed by atoms with E-state index in [1.807, 2.05) is 44.6 Å². The fraction of sp³-hybridized carbons (Fsp3) is 0.600. The van der Waals surface area contributed by atoms with Crippen LogP contribution in [0.15, 0.2) is 24.7 Å². The van der Waals surface area contributed by atoms with Gasteiger partial charge in [-0.1, -0.05) is 0 Å². The molecule has 0 bridgehead atoms. The lowest BCUT2D eigenvalue weighted by Crippen LogP contribution is -2.41. The maximum absolute atomic E-state index is 6.15. The van der Waals surface area contributed by atoms with Crippen LogP contribution in [0.5, 0.6) is 0 Å². The normalized spacial score (nSPS) is 21.9. The minimum atomic E-state index is -0.533. The van der Waals surface area contributed by atoms with Gasteiger partial charge in [0.25, 0.3) is 0 Å². The Hall–Kier alpha value is -1.90. The summed E-state index contributed by atoms with van der Waals surface area (Å²) in [6.45, 7) is 10.7. The maximum Gasteiger partial charge on any atom is 0.498 e. The molecular weight excluding hydrogens is 355 g/mol. The molecule has 4 rings (SSSR count). The molecule has 4 heterocycles. The fourth-order valence-electron chi connectivity index (χ4n) is 3.62. The Morgan fingerprint density at radius 1 is 1.11 bits per heavy atom. The van der Waals surface area contributed by atoms with Crippen LogP contribution < -0.4 is 11.2 Å². The lowest BCUT2D eigenvalue weighted by atomic mass is 9.78. The largest absolute Gasteiger partial charge is 0.498 e. The first kappa shape index (κ1) is 19.4. The first-order valence-corrected chi connectivity index (χ1v) is 9.97. The summed E-state index contributed by atoms with van der Waals surface area (Å²) < 4.78 is 19.8. The molecule has 0 aromatic carbocycles. The lowest BCUT2D eigenvalue weighted by Gasteiger charge is -2.32. The molecule has 0 spiro atoms. The smallest absolute Gasteiger partial charge is 0.399 e. The van der Waals surface area contributed by atoms with Crippen molar-refractivity contribution in [3.63, 3.8) is 0 Å². The Morgan fingerprint density at radius 2 is 1.79 bits per heavy atom. The topological polar surface area (TPSA) is 84.4 Å². The summed E-state index contributed by atoms with van der Waals surface area (Å²) in [7, 11) is -0.533. The van der Waals surface area contributed by atoms with Crippen LogP contribution in [0.2, 0.25) is 0 Å². The van der Waals surface area contributed by atoms with Gasteiger partial charge in [0.1, 0.15) is 5.82 Å². The number of nitrogens with two attached hydrogens (primary N) is 1. The lowest BCUT2D eigenvalue weighted by molar-refractivity contribution is 0.00578. The van der Waals surface area contributed by atoms with E-state index in [1.54, 1.807) is 6.20 Å². The predicted octanol–water partition coefficient (Wildman–Crippen LogP) is 2.25. The van der Waals surface area contributed by atoms with E-state index in [0.29, 0.717) is 11.7 Å². The molecule has 2 aromatic rings. The number of ether oxygens (including phenoxy) is 1. The number of nitrogen functional groups attached to an aromatic ring is 1. The van der Waals surface area contributed by atoms with Gasteiger partial charge in [0, 0.05) is 48.7 Å². The summed E-state index contributed by atoms with van der Waals surface area (Å²) >= 11 is 0. The van der Waals surface area contributed by atoms with Crippen molar-refractivity contribution in [3.05, 3.63) is 24.7 Å². The predicted molar refractivity (Wildman–Crippen MR) is 109 cm³/mol. The summed E-state index contributed by atoms with van der Waals surface area (Å²) in [4.78, 5) is 4.38. The Balaban J connectivity index is 1.54. The number of rotatable bonds is 4. The number of hydrogen-bond donors (Lipinski definition) is 1. The van der Waals surface area contributed by atoms with E-state index >= 15 is 0 Å². The molecule has 28 heavy (non-hydrogen) atoms. The molecule has 7 nitrogen and oxygen atoms in total. The number of anilines is 1. The molecule has 0 aliphatic carbocycles. The molecule has 0 radical (unpaired) electrons. The molecule has 2 aliphatic heterocycles. The summed E-state index contributed by atoms with van der Waals surface area (Å²) in [6, 6.07) is 2.00. The van der Waals surface area contributed by atoms with E-state index in [0.717, 1.165) is 49.2 Å². The van der Waals surface area contributed by atoms with E-state index in [1.165, 1.54) is 0 Å². The number of pyridine rings is 1. The van der Waals surface area contributed by atoms with Gasteiger partial charge in [0.15, 0.2) is 0 Å². The zero-order valence-corrected chi connectivity index (χ0v) is 17.1. The second kappa shape index (κ2) is 7.17. The summed E-state index contributed by atoms with van der Waals surface area (Å²) in [5.41, 5.74) is 8.03. The minimum Gasteiger partial charge on any atom is -0.399 e. The van der Waals surface area contributed by atoms with Gasteiger partial charge >= 0.3 is 7.12 Å². The average Bonchev–Trinajstić information content (AvgIpc) is 3.18. The molecule has 0 saturated carbocycles. The van der Waals surface area contributed by atoms with Gasteiger partial charge in [-0.3, -0.25) is 4.68 Å². The Kier molecular flexibility index (Phi) is 4.97. The van der Waals surface area contributed by atoms with Gasteiger partial charge in [-0.05, 0) is 52.5 Å². The third-order valence-corrected chi connectivity index (χ3v) is 6.21. The van der Waals surface area contributed by atoms with Crippen LogP contribution in [-0.2, 0) is 20.6 Å². The highest BCUT2D eigenvalue weighted by molar-refractivity contribution is 6.63. The molecule has 2 saturated heterocycles. The highest BCUT2D eigenvalue weighted by Gasteiger charge is 2.52. The van der Waals surface area contributed by atoms with Crippen molar-refractivity contribution in [1.82, 2.24) is 14.8 Å². The van der Waals surface area contributed by atoms with E-state index in [2.05, 4.69) is 16.3 Å². The van der Waals surface area contributed by atoms with Crippen molar-refractivity contribution < 1.29 is 14.0 Å². The quantitative estimate of drug-likeness (QED) is 0.814. The monoisotopic (exact) mass is 384 g/mol. The zero-order valence-electron chi connectivity index (χ0n) is 17.1. The molecule has 2 aliphatic rings. The summed E-state index contributed by atoms with van der Waals surface area (Å²) in [6.07, 6.45) is 7.90. The molecule has 2 N–H and O–H groups in total. The third-order valence-electron chi connectivity index (χ3n) is 6.21. The van der Waals surface area contributed by atoms with Crippen molar-refractivity contribution >= 4 is 18.4 Å². The van der Waals surface area contributed by atoms with Gasteiger partial charge < -0.3 is 19.8 Å². The highest BCUT2D eigenvalue weighted by atomic mass is 16.7. The van der Waals surface area contributed by atoms with Crippen molar-refractivity contribution in [1.29, 1.82) is 0 Å². The van der Waals surface area contributed by atoms with Gasteiger partial charge in [0.05, 0.1) is 17.4 Å². The van der Waals surface area contributed by atoms with Crippen LogP contribution in [0.3, 0.4) is 0 Å². The van der Waals surface area contributed by atoms with Crippen LogP contribution in [0.1, 0.15) is 40.5 Å². The van der Waals surface area contributed by atoms with Crippen LogP contribution in [-0.4, -0.2) is 46.3 Å². The second-order valence-corrected chi connectivity index (χ2v) is 8.79. The Morgan fingerprint density at radius 3 is 2.46 bits per heavy atom. The van der Waals surface area contributed by atoms with E-state index in [9.17, 15) is 0 Å². The molecule has 2 fully saturated rings. The van der Waals surface area contributed by atoms with Crippen LogP contribution >= 0.6 is 0 Å². The Labute approximate surface area is 166 Å². The van der Waals surface area contributed by atoms with Crippen molar-refractivity contribution in [2.24, 2.45) is 5.92 Å². The number of aromatic nitrogens is 3. The SMILES string of the molecule is CC1(C)OB(c2cc(-c3cnn(CC4CCOCC4)c3)cnc2N)OC1(C)C. The zero-order chi connectivity index (χ0) is 19.9. The standard InChI is InChI=1S/C20H29BN4O3/c1-19(2)20(3,4)28-21(27-19)17-9-15(10-23-18(17)22)16-11-24-25(13-16)12-14-5-7-26-8-6-14/h9-11,13-14H,5-8,12H2,1-4H3,(H2,22,23). The van der Waals surface area contributed by atoms with Gasteiger partial charge in [-0.25, -0.2) is 4.98 Å². The van der Waals surface area contributed by atoms with Gasteiger partial charge in [-0.2, -0.15) is 5.10 Å². The second-order valence-electron chi connectivity index (χ2n) is 8.79. The van der Waals surface area contributed by atoms with Crippen LogP contribution in [0.25, 0.3) is 11.1 Å². The molecular formula is C20H29BN4O3. The molecule has 8 heteroatoms. The van der Waals surface area contributed by atoms with Gasteiger partial charge in [-0.15, -0.1) is 0 Å². The molecule has 0 unspecified atom stereocenters. The van der Waals surface area contributed by atoms with E-state index in [-0.39, 0.29) is 0 Å². The van der Waals surface area contributed by atoms with Gasteiger partial charge in [0.2, 0.25) is 0 Å². The number of hydrogen-bond acceptors (Lipinski definition) is 6. The van der Waals surface area contributed by atoms with Crippen LogP contribution in [0, 0.1) is 5.92 Å². The number of nitrogens with zero attached hydrogens (tertiary/aromatic N) is 3. The summed E-state index contributed by atoms with van der Waals surface area (Å²) in [5.74, 6) is 1.04. The van der Waals surface area contributed by atoms with Crippen molar-refractivity contribution in [2.75, 3.05) is 18.9 Å². The molecule has 150 valence electrons. The highest BCUT2D eigenvalue weighted by Crippen LogP contribution is 2.37. The first-order chi connectivity index (χ1) is 13.2. The van der Waals surface area contributed by atoms with Crippen molar-refractivity contribution in [2.45, 2.75) is 58.3 Å². The van der Waals surface area contributed by atoms with Crippen molar-refractivity contribution in [3.8, 4) is 11.1 Å². The third kappa shape index (κ3) is 3.68. The first-order valence-electron chi connectivity index (χ1n) is 9.97. The van der Waals surface area contributed by atoms with Crippen LogP contribution in [0.4, 0.5) is 5.82 Å². The molecule has 0 atom stereocenters. The maximum atomic E-state index is 6.15.